The Kier molecular flexibility index (Phi) is 43.0. The highest BCUT2D eigenvalue weighted by molar-refractivity contribution is 7.91. The number of hydrogen-bond acceptors (Lipinski definition) is 20. The quantitative estimate of drug-likeness (QED) is 0.0180. The van der Waals surface area contributed by atoms with Gasteiger partial charge in [-0.1, -0.05) is 78.9 Å². The lowest BCUT2D eigenvalue weighted by atomic mass is 9.86. The molecule has 0 spiro atoms. The first-order valence-electron chi connectivity index (χ1n) is 53.8. The first kappa shape index (κ1) is 117. The highest BCUT2D eigenvalue weighted by Gasteiger charge is 2.37. The number of amides is 5. The third kappa shape index (κ3) is 34.4. The number of fused-ring (bicyclic) bond motifs is 1. The molecule has 820 valence electrons. The van der Waals surface area contributed by atoms with Gasteiger partial charge in [0, 0.05) is 187 Å². The fourth-order valence-corrected chi connectivity index (χ4v) is 25.7. The molecule has 0 unspecified atom stereocenters. The van der Waals surface area contributed by atoms with Crippen LogP contribution in [0.25, 0.3) is 11.4 Å². The number of benzene rings is 6. The van der Waals surface area contributed by atoms with E-state index in [1.807, 2.05) is 114 Å². The van der Waals surface area contributed by atoms with Crippen LogP contribution in [0.4, 0.5) is 45.5 Å². The molecule has 39 heteroatoms. The van der Waals surface area contributed by atoms with E-state index in [0.717, 1.165) is 111 Å². The lowest BCUT2D eigenvalue weighted by Gasteiger charge is -2.41. The second-order valence-corrected chi connectivity index (χ2v) is 54.8. The predicted molar refractivity (Wildman–Crippen MR) is 604 cm³/mol. The minimum atomic E-state index is -3.29. The molecule has 7 fully saturated rings. The van der Waals surface area contributed by atoms with Gasteiger partial charge in [-0.3, -0.25) is 33.4 Å². The predicted octanol–water partition coefficient (Wildman–Crippen LogP) is 18.6. The van der Waals surface area contributed by atoms with Crippen molar-refractivity contribution >= 4 is 148 Å². The Labute approximate surface area is 900 Å². The van der Waals surface area contributed by atoms with Gasteiger partial charge >= 0.3 is 0 Å². The van der Waals surface area contributed by atoms with E-state index in [-0.39, 0.29) is 94.5 Å². The maximum absolute atomic E-state index is 12.8. The van der Waals surface area contributed by atoms with Gasteiger partial charge in [0.2, 0.25) is 79.7 Å². The largest absolute Gasteiger partial charge is 0.369 e. The van der Waals surface area contributed by atoms with Crippen molar-refractivity contribution in [3.05, 3.63) is 210 Å². The third-order valence-corrected chi connectivity index (χ3v) is 40.7. The lowest BCUT2D eigenvalue weighted by Crippen LogP contribution is -2.50. The van der Waals surface area contributed by atoms with Crippen LogP contribution >= 0.6 is 23.2 Å². The molecule has 0 atom stereocenters. The van der Waals surface area contributed by atoms with Crippen LogP contribution in [0.15, 0.2) is 189 Å². The van der Waals surface area contributed by atoms with E-state index >= 15 is 0 Å². The Morgan fingerprint density at radius 2 is 0.613 bits per heavy atom. The number of halogens is 2. The third-order valence-electron chi connectivity index (χ3n) is 30.5. The van der Waals surface area contributed by atoms with Crippen LogP contribution in [0, 0.1) is 29.6 Å². The molecule has 2 aromatic heterocycles. The highest BCUT2D eigenvalue weighted by atomic mass is 35.5. The molecule has 0 radical (unpaired) electrons. The molecule has 9 aliphatic rings. The first-order valence-corrected chi connectivity index (χ1v) is 62.3. The molecule has 150 heavy (non-hydrogen) atoms. The molecule has 10 N–H and O–H groups in total. The van der Waals surface area contributed by atoms with Crippen molar-refractivity contribution in [1.29, 1.82) is 0 Å². The average molecular weight is 2200 g/mol. The molecule has 3 aliphatic heterocycles. The van der Waals surface area contributed by atoms with Gasteiger partial charge in [-0.25, -0.2) is 70.7 Å². The van der Waals surface area contributed by atoms with Crippen molar-refractivity contribution in [2.24, 2.45) is 29.6 Å². The van der Waals surface area contributed by atoms with Crippen molar-refractivity contribution in [3.8, 4) is 11.4 Å². The zero-order valence-corrected chi connectivity index (χ0v) is 94.0. The summed E-state index contributed by atoms with van der Waals surface area (Å²) in [6.07, 6.45) is 32.7. The minimum Gasteiger partial charge on any atom is -0.369 e. The zero-order valence-electron chi connectivity index (χ0n) is 88.4. The Bertz CT molecular complexity index is 6330. The van der Waals surface area contributed by atoms with Crippen molar-refractivity contribution in [2.75, 3.05) is 87.1 Å². The highest BCUT2D eigenvalue weighted by Crippen LogP contribution is 2.37. The van der Waals surface area contributed by atoms with Gasteiger partial charge in [-0.05, 0) is 368 Å². The summed E-state index contributed by atoms with van der Waals surface area (Å²) >= 11 is 12.0. The van der Waals surface area contributed by atoms with Crippen LogP contribution < -0.4 is 64.9 Å². The topological polar surface area (TPSA) is 412 Å². The number of piperazine rings is 1. The summed E-state index contributed by atoms with van der Waals surface area (Å²) in [7, 11) is -16.3. The van der Waals surface area contributed by atoms with Crippen molar-refractivity contribution < 1.29 is 66.1 Å². The van der Waals surface area contributed by atoms with Gasteiger partial charge in [-0.2, -0.15) is 0 Å². The summed E-state index contributed by atoms with van der Waals surface area (Å²) in [4.78, 5) is 77.0. The summed E-state index contributed by atoms with van der Waals surface area (Å²) in [5.74, 6) is -0.356. The Morgan fingerprint density at radius 1 is 0.313 bits per heavy atom. The minimum absolute atomic E-state index is 0.00822. The molecule has 8 aromatic rings. The Balaban J connectivity index is 0.000000157. The smallest absolute Gasteiger partial charge is 0.227 e. The van der Waals surface area contributed by atoms with Crippen molar-refractivity contribution in [1.82, 2.24) is 42.6 Å². The average Bonchev–Trinajstić information content (AvgIpc) is 1.69. The molecule has 5 amide bonds. The number of imidazole rings is 1. The molecule has 6 aliphatic carbocycles. The van der Waals surface area contributed by atoms with Crippen LogP contribution in [0.5, 0.6) is 0 Å². The van der Waals surface area contributed by atoms with Crippen molar-refractivity contribution in [2.45, 2.75) is 312 Å². The van der Waals surface area contributed by atoms with Crippen LogP contribution in [0.1, 0.15) is 247 Å². The molecule has 6 aromatic carbocycles. The lowest BCUT2D eigenvalue weighted by molar-refractivity contribution is -0.121. The number of anilines is 8. The standard InChI is InChI=1S/C26H42N4O3S.C25H33N3O3S.C21H31N3O3S.C20H27N3O3S.C19H24Cl2N4O3S/c1-20(2)34(32,33)28-23-10-8-21(9-11-23)26(31)27-22-12-14-25(15-13-22)30-18-16-29(17-19-30)24-6-4-3-5-7-24;1-18(2)32(30,31)27-23-9-7-20(8-10-23)25(29)26-22-11-13-24(14-12-22)28-16-15-19-5-3-4-6-21(19)17-28;1-16(2)28(26,27)23-19-8-6-17(7-9-19)21(25)22-18-10-12-20(13-11-18)24-14-4-3-5-15-24;1-15(2)27(25,26)22-18-7-5-16(6-8-18)20(24)21-17-9-11-19(12-10-17)23-13-3-4-14-23;1-12(2)29(27,28)24-15-5-3-13(4-6-15)19(26)23-14-7-9-16(10-8-14)25-11-22-17(20)18(25)21/h12-15,20-21,23-24,28H,3-11,16-19H2,1-2H3,(H,27,31);3-6,11-14,18,20,23,27H,7-10,15-17H2,1-2H3,(H,26,29);3-4,10-13,16-17,19,23H,5-9,14-15H2,1-2H3,(H,22,25);3-4,9-16,18,22H,5-8H2,1-2H3,(H,21,24);7-13,15,24H,3-6H2,1-2H3,(H,23,26). The molecule has 17 rings (SSSR count). The molecule has 1 saturated heterocycles. The number of nitrogens with one attached hydrogen (secondary N) is 10. The summed E-state index contributed by atoms with van der Waals surface area (Å²) in [5, 5.41) is 13.4. The van der Waals surface area contributed by atoms with Crippen LogP contribution in [0.2, 0.25) is 10.3 Å². The summed E-state index contributed by atoms with van der Waals surface area (Å²) in [5.41, 5.74) is 12.1. The summed E-state index contributed by atoms with van der Waals surface area (Å²) < 4.78 is 138. The maximum Gasteiger partial charge on any atom is 0.227 e. The second-order valence-electron chi connectivity index (χ2n) is 42.7. The fourth-order valence-electron chi connectivity index (χ4n) is 20.5. The molecular weight excluding hydrogens is 2040 g/mol. The summed E-state index contributed by atoms with van der Waals surface area (Å²) in [6, 6.07) is 52.2. The number of aromatic nitrogens is 3. The van der Waals surface area contributed by atoms with Crippen LogP contribution in [-0.2, 0) is 87.1 Å². The number of carbonyl (C=O) groups excluding carboxylic acids is 5. The molecule has 32 nitrogen and oxygen atoms in total. The molecule has 0 bridgehead atoms. The number of hydrogen-bond donors (Lipinski definition) is 10. The van der Waals surface area contributed by atoms with Gasteiger partial charge in [0.25, 0.3) is 0 Å². The Morgan fingerprint density at radius 3 is 0.913 bits per heavy atom. The van der Waals surface area contributed by atoms with E-state index in [1.54, 1.807) is 85.9 Å². The normalized spacial score (nSPS) is 22.2. The zero-order chi connectivity index (χ0) is 108. The van der Waals surface area contributed by atoms with E-state index in [4.69, 9.17) is 23.2 Å². The van der Waals surface area contributed by atoms with Gasteiger partial charge in [0.05, 0.1) is 26.2 Å². The monoisotopic (exact) mass is 2200 g/mol. The van der Waals surface area contributed by atoms with Gasteiger partial charge in [-0.15, -0.1) is 0 Å². The van der Waals surface area contributed by atoms with E-state index in [1.165, 1.54) is 60.9 Å². The van der Waals surface area contributed by atoms with E-state index < -0.39 is 76.4 Å². The van der Waals surface area contributed by atoms with Crippen LogP contribution in [-0.4, -0.2) is 199 Å². The first-order chi connectivity index (χ1) is 71.5. The Hall–Kier alpha value is -9.61. The van der Waals surface area contributed by atoms with Gasteiger partial charge < -0.3 is 45.9 Å². The van der Waals surface area contributed by atoms with Crippen molar-refractivity contribution in [3.63, 3.8) is 0 Å². The SMILES string of the molecule is CC(C)S(=O)(=O)NC1CCC(C(=O)Nc2ccc(-n3cccc3)cc2)CC1.CC(C)S(=O)(=O)NC1CCC(C(=O)Nc2ccc(-n3cnc(Cl)c3Cl)cc2)CC1.CC(C)S(=O)(=O)NC1CCC(C(=O)Nc2ccc(N3CC=CCC3)cc2)CC1.CC(C)S(=O)(=O)NC1CCC(C(=O)Nc2ccc(N3CCN(C4CCCCC4)CC3)cc2)CC1.CC(C)S(=O)(=O)NC1CCC(C(=O)Nc2ccc(N3CCc4ccccc4C3)cc2)CC1. The number of rotatable bonds is 31. The van der Waals surface area contributed by atoms with E-state index in [2.05, 4.69) is 135 Å². The summed E-state index contributed by atoms with van der Waals surface area (Å²) in [6.45, 7) is 25.0. The second kappa shape index (κ2) is 55.0. The number of carbonyl (C=O) groups is 5. The van der Waals surface area contributed by atoms with Gasteiger partial charge in [0.15, 0.2) is 10.3 Å². The fraction of sp³-hybridized carbons (Fsp3) is 0.550. The molecular formula is C111H157Cl2N17O15S5. The van der Waals surface area contributed by atoms with E-state index in [9.17, 15) is 66.1 Å². The number of sulfonamides is 5. The molecule has 5 heterocycles. The number of nitrogens with zero attached hydrogens (tertiary/aromatic N) is 7. The van der Waals surface area contributed by atoms with E-state index in [0.29, 0.717) is 139 Å². The molecule has 6 saturated carbocycles. The van der Waals surface area contributed by atoms with Crippen LogP contribution in [0.3, 0.4) is 0 Å². The van der Waals surface area contributed by atoms with Gasteiger partial charge in [0.1, 0.15) is 6.33 Å². The maximum atomic E-state index is 12.8.